The van der Waals surface area contributed by atoms with Crippen molar-refractivity contribution in [3.05, 3.63) is 0 Å². The van der Waals surface area contributed by atoms with Crippen molar-refractivity contribution >= 4 is 17.7 Å². The van der Waals surface area contributed by atoms with Gasteiger partial charge in [0.1, 0.15) is 0 Å². The zero-order chi connectivity index (χ0) is 11.8. The van der Waals surface area contributed by atoms with Gasteiger partial charge < -0.3 is 15.8 Å². The van der Waals surface area contributed by atoms with Gasteiger partial charge in [-0.2, -0.15) is 11.8 Å². The van der Waals surface area contributed by atoms with E-state index in [2.05, 4.69) is 5.32 Å². The topological polar surface area (TPSA) is 64.4 Å². The minimum Gasteiger partial charge on any atom is -0.378 e. The van der Waals surface area contributed by atoms with Gasteiger partial charge in [0.05, 0.1) is 12.1 Å². The van der Waals surface area contributed by atoms with Crippen LogP contribution in [0.1, 0.15) is 25.7 Å². The van der Waals surface area contributed by atoms with Crippen LogP contribution in [-0.2, 0) is 9.53 Å². The van der Waals surface area contributed by atoms with Crippen LogP contribution in [0.2, 0.25) is 0 Å². The maximum absolute atomic E-state index is 11.5. The molecule has 0 aromatic heterocycles. The summed E-state index contributed by atoms with van der Waals surface area (Å²) >= 11 is 1.71. The number of amides is 1. The van der Waals surface area contributed by atoms with Gasteiger partial charge in [0, 0.05) is 13.2 Å². The number of thioether (sulfide) groups is 1. The van der Waals surface area contributed by atoms with E-state index in [4.69, 9.17) is 10.5 Å². The first-order valence-corrected chi connectivity index (χ1v) is 7.27. The third kappa shape index (κ3) is 5.18. The number of hydrogen-bond donors (Lipinski definition) is 2. The van der Waals surface area contributed by atoms with Crippen molar-refractivity contribution in [2.45, 2.75) is 37.8 Å². The Kier molecular flexibility index (Phi) is 6.84. The maximum Gasteiger partial charge on any atom is 0.236 e. The largest absolute Gasteiger partial charge is 0.378 e. The Morgan fingerprint density at radius 3 is 3.12 bits per heavy atom. The molecule has 0 radical (unpaired) electrons. The molecule has 1 aliphatic heterocycles. The lowest BCUT2D eigenvalue weighted by Crippen LogP contribution is -2.41. The number of nitrogens with one attached hydrogen (secondary N) is 1. The molecule has 16 heavy (non-hydrogen) atoms. The van der Waals surface area contributed by atoms with E-state index in [1.165, 1.54) is 0 Å². The van der Waals surface area contributed by atoms with E-state index in [0.717, 1.165) is 38.0 Å². The molecule has 0 saturated carbocycles. The van der Waals surface area contributed by atoms with Gasteiger partial charge in [-0.1, -0.05) is 0 Å². The van der Waals surface area contributed by atoms with Crippen molar-refractivity contribution in [2.75, 3.05) is 25.2 Å². The molecule has 5 heteroatoms. The molecule has 1 heterocycles. The molecule has 4 nitrogen and oxygen atoms in total. The van der Waals surface area contributed by atoms with Crippen molar-refractivity contribution in [1.82, 2.24) is 5.32 Å². The third-order valence-electron chi connectivity index (χ3n) is 2.76. The number of carbonyl (C=O) groups excluding carboxylic acids is 1. The quantitative estimate of drug-likeness (QED) is 0.696. The summed E-state index contributed by atoms with van der Waals surface area (Å²) in [5.74, 6) is 0.896. The molecule has 0 aromatic carbocycles. The van der Waals surface area contributed by atoms with E-state index in [9.17, 15) is 4.79 Å². The van der Waals surface area contributed by atoms with Crippen LogP contribution in [0.5, 0.6) is 0 Å². The molecule has 1 rings (SSSR count). The van der Waals surface area contributed by atoms with Crippen LogP contribution in [0.4, 0.5) is 0 Å². The summed E-state index contributed by atoms with van der Waals surface area (Å²) in [4.78, 5) is 11.5. The SMILES string of the molecule is CSCC[C@@H](N)C(=O)NCCC1CCCO1. The van der Waals surface area contributed by atoms with Crippen LogP contribution in [0, 0.1) is 0 Å². The van der Waals surface area contributed by atoms with Crippen LogP contribution in [0.25, 0.3) is 0 Å². The van der Waals surface area contributed by atoms with E-state index in [1.807, 2.05) is 6.26 Å². The molecular weight excluding hydrogens is 224 g/mol. The fraction of sp³-hybridized carbons (Fsp3) is 0.909. The highest BCUT2D eigenvalue weighted by molar-refractivity contribution is 7.98. The standard InChI is InChI=1S/C11H22N2O2S/c1-16-8-5-10(12)11(14)13-6-4-9-3-2-7-15-9/h9-10H,2-8,12H2,1H3,(H,13,14)/t9?,10-/m1/s1. The molecule has 3 N–H and O–H groups in total. The smallest absolute Gasteiger partial charge is 0.236 e. The molecule has 1 saturated heterocycles. The Morgan fingerprint density at radius 2 is 2.50 bits per heavy atom. The fourth-order valence-electron chi connectivity index (χ4n) is 1.74. The minimum absolute atomic E-state index is 0.0351. The van der Waals surface area contributed by atoms with Gasteiger partial charge in [-0.05, 0) is 37.7 Å². The summed E-state index contributed by atoms with van der Waals surface area (Å²) in [6.07, 6.45) is 6.26. The number of hydrogen-bond acceptors (Lipinski definition) is 4. The molecule has 2 atom stereocenters. The zero-order valence-electron chi connectivity index (χ0n) is 9.91. The fourth-order valence-corrected chi connectivity index (χ4v) is 2.23. The number of rotatable bonds is 7. The minimum atomic E-state index is -0.364. The van der Waals surface area contributed by atoms with E-state index in [-0.39, 0.29) is 11.9 Å². The predicted molar refractivity (Wildman–Crippen MR) is 67.6 cm³/mol. The van der Waals surface area contributed by atoms with Gasteiger partial charge in [-0.3, -0.25) is 4.79 Å². The van der Waals surface area contributed by atoms with E-state index in [1.54, 1.807) is 11.8 Å². The number of nitrogens with two attached hydrogens (primary N) is 1. The van der Waals surface area contributed by atoms with Gasteiger partial charge in [0.2, 0.25) is 5.91 Å². The van der Waals surface area contributed by atoms with Crippen molar-refractivity contribution in [3.63, 3.8) is 0 Å². The second-order valence-electron chi connectivity index (χ2n) is 4.10. The Balaban J connectivity index is 2.04. The Labute approximate surface area is 102 Å². The lowest BCUT2D eigenvalue weighted by atomic mass is 10.2. The van der Waals surface area contributed by atoms with Gasteiger partial charge in [0.15, 0.2) is 0 Å². The van der Waals surface area contributed by atoms with Gasteiger partial charge in [0.25, 0.3) is 0 Å². The summed E-state index contributed by atoms with van der Waals surface area (Å²) in [5, 5.41) is 2.87. The molecule has 0 aliphatic carbocycles. The lowest BCUT2D eigenvalue weighted by molar-refractivity contribution is -0.122. The molecule has 94 valence electrons. The van der Waals surface area contributed by atoms with Crippen LogP contribution in [0.3, 0.4) is 0 Å². The summed E-state index contributed by atoms with van der Waals surface area (Å²) in [6.45, 7) is 1.54. The molecule has 1 unspecified atom stereocenters. The summed E-state index contributed by atoms with van der Waals surface area (Å²) in [5.41, 5.74) is 5.74. The van der Waals surface area contributed by atoms with E-state index < -0.39 is 0 Å². The van der Waals surface area contributed by atoms with Crippen LogP contribution in [-0.4, -0.2) is 43.2 Å². The molecule has 0 bridgehead atoms. The maximum atomic E-state index is 11.5. The normalized spacial score (nSPS) is 22.0. The predicted octanol–water partition coefficient (Wildman–Crippen LogP) is 0.752. The summed E-state index contributed by atoms with van der Waals surface area (Å²) < 4.78 is 5.47. The Hall–Kier alpha value is -0.260. The Bertz CT molecular complexity index is 208. The molecule has 0 spiro atoms. The lowest BCUT2D eigenvalue weighted by Gasteiger charge is -2.13. The van der Waals surface area contributed by atoms with Crippen molar-refractivity contribution in [3.8, 4) is 0 Å². The third-order valence-corrected chi connectivity index (χ3v) is 3.40. The Morgan fingerprint density at radius 1 is 1.69 bits per heavy atom. The zero-order valence-corrected chi connectivity index (χ0v) is 10.7. The van der Waals surface area contributed by atoms with Gasteiger partial charge >= 0.3 is 0 Å². The van der Waals surface area contributed by atoms with Gasteiger partial charge in [-0.25, -0.2) is 0 Å². The first kappa shape index (κ1) is 13.8. The van der Waals surface area contributed by atoms with Crippen LogP contribution < -0.4 is 11.1 Å². The summed E-state index contributed by atoms with van der Waals surface area (Å²) in [6, 6.07) is -0.364. The second-order valence-corrected chi connectivity index (χ2v) is 5.09. The van der Waals surface area contributed by atoms with Gasteiger partial charge in [-0.15, -0.1) is 0 Å². The second kappa shape index (κ2) is 7.92. The molecule has 0 aromatic rings. The highest BCUT2D eigenvalue weighted by atomic mass is 32.2. The number of ether oxygens (including phenoxy) is 1. The van der Waals surface area contributed by atoms with E-state index >= 15 is 0 Å². The van der Waals surface area contributed by atoms with E-state index in [0.29, 0.717) is 12.6 Å². The van der Waals surface area contributed by atoms with Crippen molar-refractivity contribution in [2.24, 2.45) is 5.73 Å². The number of carbonyl (C=O) groups is 1. The van der Waals surface area contributed by atoms with Crippen molar-refractivity contribution in [1.29, 1.82) is 0 Å². The monoisotopic (exact) mass is 246 g/mol. The van der Waals surface area contributed by atoms with Crippen LogP contribution >= 0.6 is 11.8 Å². The van der Waals surface area contributed by atoms with Crippen LogP contribution in [0.15, 0.2) is 0 Å². The first-order chi connectivity index (χ1) is 7.74. The highest BCUT2D eigenvalue weighted by Gasteiger charge is 2.16. The molecule has 1 amide bonds. The first-order valence-electron chi connectivity index (χ1n) is 5.88. The molecule has 1 fully saturated rings. The van der Waals surface area contributed by atoms with Crippen molar-refractivity contribution < 1.29 is 9.53 Å². The summed E-state index contributed by atoms with van der Waals surface area (Å²) in [7, 11) is 0. The average Bonchev–Trinajstić information content (AvgIpc) is 2.78. The average molecular weight is 246 g/mol. The molecular formula is C11H22N2O2S. The highest BCUT2D eigenvalue weighted by Crippen LogP contribution is 2.14. The molecule has 1 aliphatic rings.